The molecule has 5 nitrogen and oxygen atoms in total. The van der Waals surface area contributed by atoms with Gasteiger partial charge in [0, 0.05) is 29.7 Å². The van der Waals surface area contributed by atoms with Crippen molar-refractivity contribution in [2.24, 2.45) is 0 Å². The van der Waals surface area contributed by atoms with Crippen LogP contribution in [0.2, 0.25) is 0 Å². The number of nitrogens with zero attached hydrogens (tertiary/aromatic N) is 5. The number of aryl methyl sites for hydroxylation is 1. The summed E-state index contributed by atoms with van der Waals surface area (Å²) in [6.45, 7) is 2.06. The summed E-state index contributed by atoms with van der Waals surface area (Å²) in [4.78, 5) is 2.07. The Bertz CT molecular complexity index is 1950. The average molecular weight is 737 g/mol. The fraction of sp³-hybridized carbons (Fsp3) is 0.0270. The quantitative estimate of drug-likeness (QED) is 0.154. The van der Waals surface area contributed by atoms with Gasteiger partial charge in [-0.3, -0.25) is 14.3 Å². The van der Waals surface area contributed by atoms with Crippen LogP contribution in [0.1, 0.15) is 5.69 Å². The van der Waals surface area contributed by atoms with Gasteiger partial charge in [0.1, 0.15) is 0 Å². The van der Waals surface area contributed by atoms with Gasteiger partial charge in [-0.05, 0) is 41.6 Å². The molecule has 0 radical (unpaired) electrons. The first-order chi connectivity index (χ1) is 20.7. The molecule has 0 aliphatic heterocycles. The van der Waals surface area contributed by atoms with Crippen LogP contribution in [0, 0.1) is 19.1 Å². The Kier molecular flexibility index (Phi) is 8.17. The second-order valence-electron chi connectivity index (χ2n) is 10.0. The molecule has 0 bridgehead atoms. The van der Waals surface area contributed by atoms with Crippen molar-refractivity contribution in [2.45, 2.75) is 6.92 Å². The molecule has 0 amide bonds. The van der Waals surface area contributed by atoms with Gasteiger partial charge in [-0.1, -0.05) is 78.9 Å². The van der Waals surface area contributed by atoms with Gasteiger partial charge >= 0.3 is 21.1 Å². The summed E-state index contributed by atoms with van der Waals surface area (Å²) in [5.41, 5.74) is 8.25. The molecule has 5 aromatic carbocycles. The monoisotopic (exact) mass is 736 g/mol. The van der Waals surface area contributed by atoms with Crippen molar-refractivity contribution in [1.82, 2.24) is 19.6 Å². The molecule has 7 rings (SSSR count). The molecule has 2 aromatic heterocycles. The summed E-state index contributed by atoms with van der Waals surface area (Å²) in [7, 11) is 0. The Hall–Kier alpha value is -4.99. The van der Waals surface area contributed by atoms with Gasteiger partial charge in [-0.25, -0.2) is 0 Å². The van der Waals surface area contributed by atoms with Gasteiger partial charge in [-0.2, -0.15) is 46.6 Å². The van der Waals surface area contributed by atoms with E-state index < -0.39 is 0 Å². The fourth-order valence-corrected chi connectivity index (χ4v) is 5.12. The van der Waals surface area contributed by atoms with Gasteiger partial charge in [0.25, 0.3) is 0 Å². The molecule has 0 N–H and O–H groups in total. The molecule has 7 aromatic rings. The smallest absolute Gasteiger partial charge is 0.276 e. The summed E-state index contributed by atoms with van der Waals surface area (Å²) in [6, 6.07) is 53.9. The van der Waals surface area contributed by atoms with Crippen molar-refractivity contribution in [3.63, 3.8) is 0 Å². The van der Waals surface area contributed by atoms with Gasteiger partial charge in [0.15, 0.2) is 11.6 Å². The molecule has 0 saturated heterocycles. The molecule has 210 valence electrons. The molecule has 0 aliphatic carbocycles. The van der Waals surface area contributed by atoms with Crippen molar-refractivity contribution in [3.05, 3.63) is 164 Å². The van der Waals surface area contributed by atoms with E-state index in [2.05, 4.69) is 103 Å². The molecule has 0 spiro atoms. The van der Waals surface area contributed by atoms with Crippen LogP contribution in [0.3, 0.4) is 0 Å². The average Bonchev–Trinajstić information content (AvgIpc) is 3.70. The van der Waals surface area contributed by atoms with Crippen molar-refractivity contribution in [1.29, 1.82) is 0 Å². The van der Waals surface area contributed by atoms with Gasteiger partial charge in [0.05, 0.1) is 0 Å². The number of hydrogen-bond donors (Lipinski definition) is 0. The van der Waals surface area contributed by atoms with Crippen LogP contribution in [-0.4, -0.2) is 19.6 Å². The van der Waals surface area contributed by atoms with Gasteiger partial charge in [-0.15, -0.1) is 23.3 Å². The minimum Gasteiger partial charge on any atom is -0.276 e. The van der Waals surface area contributed by atoms with Gasteiger partial charge < -0.3 is 0 Å². The maximum absolute atomic E-state index is 5.06. The number of para-hydroxylation sites is 1. The molecule has 0 saturated carbocycles. The third-order valence-electron chi connectivity index (χ3n) is 7.18. The fourth-order valence-electron chi connectivity index (χ4n) is 5.12. The van der Waals surface area contributed by atoms with Crippen molar-refractivity contribution < 1.29 is 21.1 Å². The second-order valence-corrected chi connectivity index (χ2v) is 10.0. The van der Waals surface area contributed by atoms with Crippen LogP contribution in [0.25, 0.3) is 33.6 Å². The Labute approximate surface area is 266 Å². The maximum Gasteiger partial charge on any atom is 2.00 e. The van der Waals surface area contributed by atoms with E-state index >= 15 is 0 Å². The van der Waals surface area contributed by atoms with Crippen LogP contribution < -0.4 is 4.90 Å². The first-order valence-electron chi connectivity index (χ1n) is 13.9. The normalized spacial score (nSPS) is 10.7. The molecule has 0 aliphatic rings. The topological polar surface area (TPSA) is 38.9 Å². The summed E-state index contributed by atoms with van der Waals surface area (Å²) >= 11 is 0. The Morgan fingerprint density at radius 2 is 1.12 bits per heavy atom. The van der Waals surface area contributed by atoms with Crippen molar-refractivity contribution >= 4 is 17.3 Å². The number of benzene rings is 5. The zero-order chi connectivity index (χ0) is 28.3. The molecule has 43 heavy (non-hydrogen) atoms. The van der Waals surface area contributed by atoms with Crippen LogP contribution in [0.15, 0.2) is 146 Å². The van der Waals surface area contributed by atoms with Crippen molar-refractivity contribution in [2.75, 3.05) is 4.90 Å². The molecule has 6 heteroatoms. The predicted octanol–water partition coefficient (Wildman–Crippen LogP) is 8.77. The van der Waals surface area contributed by atoms with E-state index in [4.69, 9.17) is 10.2 Å². The largest absolute Gasteiger partial charge is 2.00 e. The van der Waals surface area contributed by atoms with E-state index in [9.17, 15) is 0 Å². The van der Waals surface area contributed by atoms with E-state index in [0.717, 1.165) is 56.6 Å². The molecule has 2 heterocycles. The molecule has 0 fully saturated rings. The van der Waals surface area contributed by atoms with E-state index in [1.165, 1.54) is 0 Å². The summed E-state index contributed by atoms with van der Waals surface area (Å²) < 4.78 is 3.80. The molecule has 0 atom stereocenters. The second kappa shape index (κ2) is 12.5. The number of aromatic nitrogens is 4. The predicted molar refractivity (Wildman–Crippen MR) is 169 cm³/mol. The van der Waals surface area contributed by atoms with Crippen LogP contribution >= 0.6 is 0 Å². The minimum absolute atomic E-state index is 0. The summed E-state index contributed by atoms with van der Waals surface area (Å²) in [6.07, 6.45) is 1.97. The first kappa shape index (κ1) is 28.1. The zero-order valence-electron chi connectivity index (χ0n) is 23.4. The van der Waals surface area contributed by atoms with Crippen LogP contribution in [-0.2, 0) is 21.1 Å². The third kappa shape index (κ3) is 5.86. The van der Waals surface area contributed by atoms with E-state index in [1.54, 1.807) is 0 Å². The van der Waals surface area contributed by atoms with E-state index in [1.807, 2.05) is 76.2 Å². The first-order valence-corrected chi connectivity index (χ1v) is 13.9. The number of anilines is 3. The number of hydrogen-bond acceptors (Lipinski definition) is 3. The zero-order valence-corrected chi connectivity index (χ0v) is 25.7. The minimum atomic E-state index is 0. The van der Waals surface area contributed by atoms with Crippen molar-refractivity contribution in [3.8, 4) is 33.6 Å². The third-order valence-corrected chi connectivity index (χ3v) is 7.18. The van der Waals surface area contributed by atoms with Crippen LogP contribution in [0.4, 0.5) is 17.3 Å². The molecule has 0 unspecified atom stereocenters. The summed E-state index contributed by atoms with van der Waals surface area (Å²) in [5, 5.41) is 10.0. The SMILES string of the molecule is Cc1cc(N(c2ccccc2)c2ccn(-c3[c-]ccc(-c4ccccc4)c3)n2)nn1-c1[c-]ccc(-c2ccccc2)c1.[Pt+2]. The van der Waals surface area contributed by atoms with E-state index in [-0.39, 0.29) is 21.1 Å². The number of rotatable bonds is 7. The molecular weight excluding hydrogens is 710 g/mol. The van der Waals surface area contributed by atoms with E-state index in [0.29, 0.717) is 0 Å². The Morgan fingerprint density at radius 1 is 0.558 bits per heavy atom. The molecular formula is C37H27N5Pt. The Morgan fingerprint density at radius 3 is 1.74 bits per heavy atom. The maximum atomic E-state index is 5.06. The Balaban J connectivity index is 0.00000329. The van der Waals surface area contributed by atoms with Crippen LogP contribution in [0.5, 0.6) is 0 Å². The van der Waals surface area contributed by atoms with Gasteiger partial charge in [0.2, 0.25) is 0 Å². The standard InChI is InChI=1S/C37H27N5.Pt/c1-28-25-37(39-42(28)35-22-12-18-32(27-35)30-15-7-3-8-16-30)41(33-19-9-4-10-20-33)36-23-24-40(38-36)34-21-11-17-31(26-34)29-13-5-2-6-14-29;/h2-20,23-27H,1H3;/q-2;+2. The summed E-state index contributed by atoms with van der Waals surface area (Å²) in [5.74, 6) is 1.52.